The summed E-state index contributed by atoms with van der Waals surface area (Å²) in [4.78, 5) is 16.2. The van der Waals surface area contributed by atoms with Gasteiger partial charge in [-0.3, -0.25) is 4.79 Å². The zero-order valence-electron chi connectivity index (χ0n) is 13.0. The van der Waals surface area contributed by atoms with Crippen molar-refractivity contribution in [3.8, 4) is 0 Å². The maximum Gasteiger partial charge on any atom is 0.254 e. The quantitative estimate of drug-likeness (QED) is 0.740. The molecule has 1 atom stereocenters. The van der Waals surface area contributed by atoms with Gasteiger partial charge in [0.25, 0.3) is 5.91 Å². The lowest BCUT2D eigenvalue weighted by Gasteiger charge is -2.24. The van der Waals surface area contributed by atoms with Crippen LogP contribution < -0.4 is 0 Å². The Hall–Kier alpha value is -2.21. The molecule has 0 radical (unpaired) electrons. The van der Waals surface area contributed by atoms with Crippen molar-refractivity contribution in [1.82, 2.24) is 19.9 Å². The van der Waals surface area contributed by atoms with E-state index < -0.39 is 0 Å². The van der Waals surface area contributed by atoms with E-state index in [1.807, 2.05) is 34.7 Å². The van der Waals surface area contributed by atoms with Crippen molar-refractivity contribution in [2.24, 2.45) is 0 Å². The van der Waals surface area contributed by atoms with Crippen LogP contribution in [0.15, 0.2) is 35.7 Å². The zero-order chi connectivity index (χ0) is 15.8. The first-order valence-corrected chi connectivity index (χ1v) is 8.83. The smallest absolute Gasteiger partial charge is 0.254 e. The van der Waals surface area contributed by atoms with Crippen molar-refractivity contribution < 1.29 is 4.79 Å². The molecule has 0 N–H and O–H groups in total. The van der Waals surface area contributed by atoms with E-state index in [1.165, 1.54) is 4.88 Å². The number of benzene rings is 1. The Balaban J connectivity index is 1.65. The summed E-state index contributed by atoms with van der Waals surface area (Å²) in [5.41, 5.74) is 2.45. The topological polar surface area (TPSA) is 51.0 Å². The maximum absolute atomic E-state index is 12.9. The Kier molecular flexibility index (Phi) is 3.61. The second-order valence-electron chi connectivity index (χ2n) is 5.78. The van der Waals surface area contributed by atoms with Crippen molar-refractivity contribution in [2.75, 3.05) is 6.54 Å². The van der Waals surface area contributed by atoms with E-state index in [9.17, 15) is 4.79 Å². The molecule has 1 aromatic carbocycles. The van der Waals surface area contributed by atoms with Gasteiger partial charge in [-0.05, 0) is 49.4 Å². The monoisotopic (exact) mass is 326 g/mol. The van der Waals surface area contributed by atoms with E-state index in [2.05, 4.69) is 27.8 Å². The fourth-order valence-electron chi connectivity index (χ4n) is 3.29. The van der Waals surface area contributed by atoms with Gasteiger partial charge in [-0.25, -0.2) is 4.68 Å². The van der Waals surface area contributed by atoms with E-state index in [1.54, 1.807) is 11.3 Å². The normalized spacial score (nSPS) is 18.0. The van der Waals surface area contributed by atoms with Crippen molar-refractivity contribution in [1.29, 1.82) is 0 Å². The predicted molar refractivity (Wildman–Crippen MR) is 90.5 cm³/mol. The molecular formula is C17H18N4OS. The molecule has 5 nitrogen and oxygen atoms in total. The minimum atomic E-state index is 0.0915. The Morgan fingerprint density at radius 3 is 3.09 bits per heavy atom. The molecule has 4 rings (SSSR count). The number of carbonyl (C=O) groups excluding carboxylic acids is 1. The molecule has 3 heterocycles. The van der Waals surface area contributed by atoms with Crippen LogP contribution in [0.1, 0.15) is 41.0 Å². The second-order valence-corrected chi connectivity index (χ2v) is 6.76. The SMILES string of the molecule is CCn1nnc2cc(C(=O)N3CCCC3c3cccs3)ccc21. The summed E-state index contributed by atoms with van der Waals surface area (Å²) in [7, 11) is 0. The van der Waals surface area contributed by atoms with E-state index in [0.29, 0.717) is 5.56 Å². The fourth-order valence-corrected chi connectivity index (χ4v) is 4.16. The van der Waals surface area contributed by atoms with E-state index in [4.69, 9.17) is 0 Å². The highest BCUT2D eigenvalue weighted by Crippen LogP contribution is 2.35. The number of hydrogen-bond acceptors (Lipinski definition) is 4. The number of fused-ring (bicyclic) bond motifs is 1. The zero-order valence-corrected chi connectivity index (χ0v) is 13.8. The van der Waals surface area contributed by atoms with Gasteiger partial charge in [-0.15, -0.1) is 16.4 Å². The van der Waals surface area contributed by atoms with Crippen LogP contribution in [0.4, 0.5) is 0 Å². The molecule has 1 fully saturated rings. The van der Waals surface area contributed by atoms with Crippen LogP contribution in [0.25, 0.3) is 11.0 Å². The number of rotatable bonds is 3. The number of carbonyl (C=O) groups is 1. The van der Waals surface area contributed by atoms with E-state index >= 15 is 0 Å². The number of hydrogen-bond donors (Lipinski definition) is 0. The maximum atomic E-state index is 12.9. The van der Waals surface area contributed by atoms with Crippen LogP contribution in [0.2, 0.25) is 0 Å². The van der Waals surface area contributed by atoms with Crippen molar-refractivity contribution >= 4 is 28.3 Å². The van der Waals surface area contributed by atoms with Crippen LogP contribution in [-0.4, -0.2) is 32.3 Å². The molecule has 6 heteroatoms. The summed E-state index contributed by atoms with van der Waals surface area (Å²) in [5.74, 6) is 0.0915. The van der Waals surface area contributed by atoms with Gasteiger partial charge in [-0.2, -0.15) is 0 Å². The highest BCUT2D eigenvalue weighted by Gasteiger charge is 2.31. The number of thiophene rings is 1. The average Bonchev–Trinajstić information content (AvgIpc) is 3.31. The van der Waals surface area contributed by atoms with Crippen molar-refractivity contribution in [2.45, 2.75) is 32.4 Å². The van der Waals surface area contributed by atoms with Gasteiger partial charge in [0.1, 0.15) is 5.52 Å². The van der Waals surface area contributed by atoms with Gasteiger partial charge >= 0.3 is 0 Å². The average molecular weight is 326 g/mol. The Labute approximate surface area is 138 Å². The molecule has 2 aromatic heterocycles. The molecule has 3 aromatic rings. The summed E-state index contributed by atoms with van der Waals surface area (Å²) in [5, 5.41) is 10.4. The molecule has 0 spiro atoms. The lowest BCUT2D eigenvalue weighted by molar-refractivity contribution is 0.0738. The number of aromatic nitrogens is 3. The molecular weight excluding hydrogens is 308 g/mol. The molecule has 1 amide bonds. The molecule has 0 aliphatic carbocycles. The van der Waals surface area contributed by atoms with Crippen LogP contribution in [0, 0.1) is 0 Å². The summed E-state index contributed by atoms with van der Waals surface area (Å²) < 4.78 is 1.84. The minimum Gasteiger partial charge on any atom is -0.331 e. The third-order valence-electron chi connectivity index (χ3n) is 4.45. The Morgan fingerprint density at radius 1 is 1.39 bits per heavy atom. The molecule has 23 heavy (non-hydrogen) atoms. The molecule has 1 unspecified atom stereocenters. The first-order valence-electron chi connectivity index (χ1n) is 7.95. The largest absolute Gasteiger partial charge is 0.331 e. The first-order chi connectivity index (χ1) is 11.3. The van der Waals surface area contributed by atoms with E-state index in [-0.39, 0.29) is 11.9 Å². The molecule has 1 saturated heterocycles. The summed E-state index contributed by atoms with van der Waals surface area (Å²) in [6.45, 7) is 3.63. The number of nitrogens with zero attached hydrogens (tertiary/aromatic N) is 4. The third-order valence-corrected chi connectivity index (χ3v) is 5.42. The summed E-state index contributed by atoms with van der Waals surface area (Å²) in [6.07, 6.45) is 2.10. The van der Waals surface area contributed by atoms with Gasteiger partial charge in [0, 0.05) is 23.5 Å². The fraction of sp³-hybridized carbons (Fsp3) is 0.353. The molecule has 0 bridgehead atoms. The number of aryl methyl sites for hydroxylation is 1. The van der Waals surface area contributed by atoms with Crippen LogP contribution >= 0.6 is 11.3 Å². The van der Waals surface area contributed by atoms with Crippen LogP contribution in [0.5, 0.6) is 0 Å². The lowest BCUT2D eigenvalue weighted by atomic mass is 10.1. The molecule has 0 saturated carbocycles. The Morgan fingerprint density at radius 2 is 2.30 bits per heavy atom. The van der Waals surface area contributed by atoms with Gasteiger partial charge in [0.2, 0.25) is 0 Å². The van der Waals surface area contributed by atoms with Gasteiger partial charge in [0.05, 0.1) is 11.6 Å². The summed E-state index contributed by atoms with van der Waals surface area (Å²) in [6, 6.07) is 10.1. The number of amides is 1. The van der Waals surface area contributed by atoms with Crippen molar-refractivity contribution in [3.63, 3.8) is 0 Å². The second kappa shape index (κ2) is 5.77. The standard InChI is InChI=1S/C17H18N4OS/c1-2-21-14-8-7-12(11-13(14)18-19-21)17(22)20-9-3-5-15(20)16-6-4-10-23-16/h4,6-8,10-11,15H,2-3,5,9H2,1H3. The summed E-state index contributed by atoms with van der Waals surface area (Å²) >= 11 is 1.73. The molecule has 1 aliphatic heterocycles. The number of likely N-dealkylation sites (tertiary alicyclic amines) is 1. The molecule has 118 valence electrons. The van der Waals surface area contributed by atoms with Gasteiger partial charge in [0.15, 0.2) is 0 Å². The van der Waals surface area contributed by atoms with Gasteiger partial charge in [-0.1, -0.05) is 11.3 Å². The predicted octanol–water partition coefficient (Wildman–Crippen LogP) is 3.49. The Bertz CT molecular complexity index is 840. The van der Waals surface area contributed by atoms with Crippen molar-refractivity contribution in [3.05, 3.63) is 46.2 Å². The molecule has 1 aliphatic rings. The lowest BCUT2D eigenvalue weighted by Crippen LogP contribution is -2.30. The minimum absolute atomic E-state index is 0.0915. The third kappa shape index (κ3) is 2.43. The van der Waals surface area contributed by atoms with Crippen LogP contribution in [-0.2, 0) is 6.54 Å². The highest BCUT2D eigenvalue weighted by atomic mass is 32.1. The van der Waals surface area contributed by atoms with E-state index in [0.717, 1.165) is 37.0 Å². The first kappa shape index (κ1) is 14.4. The van der Waals surface area contributed by atoms with Crippen LogP contribution in [0.3, 0.4) is 0 Å². The van der Waals surface area contributed by atoms with Gasteiger partial charge < -0.3 is 4.90 Å². The highest BCUT2D eigenvalue weighted by molar-refractivity contribution is 7.10.